The van der Waals surface area contributed by atoms with Crippen LogP contribution in [0.3, 0.4) is 0 Å². The minimum atomic E-state index is -0.216. The second-order valence-corrected chi connectivity index (χ2v) is 3.51. The quantitative estimate of drug-likeness (QED) is 0.501. The number of carbonyl (C=O) groups excluding carboxylic acids is 1. The predicted octanol–water partition coefficient (Wildman–Crippen LogP) is 2.06. The monoisotopic (exact) mass is 198 g/mol. The molecule has 0 bridgehead atoms. The molecule has 14 heavy (non-hydrogen) atoms. The molecule has 1 aliphatic carbocycles. The molecule has 1 atom stereocenters. The molecule has 0 saturated heterocycles. The number of hydrogen-bond donors (Lipinski definition) is 0. The Labute approximate surface area is 85.1 Å². The Morgan fingerprint density at radius 3 is 3.07 bits per heavy atom. The highest BCUT2D eigenvalue weighted by Gasteiger charge is 2.22. The van der Waals surface area contributed by atoms with Crippen LogP contribution in [-0.4, -0.2) is 25.8 Å². The van der Waals surface area contributed by atoms with Gasteiger partial charge in [-0.25, -0.2) is 4.79 Å². The van der Waals surface area contributed by atoms with E-state index in [1.807, 2.05) is 6.08 Å². The molecule has 80 valence electrons. The van der Waals surface area contributed by atoms with Crippen LogP contribution in [0.1, 0.15) is 32.6 Å². The zero-order valence-electron chi connectivity index (χ0n) is 8.91. The van der Waals surface area contributed by atoms with Gasteiger partial charge in [-0.05, 0) is 12.8 Å². The van der Waals surface area contributed by atoms with Gasteiger partial charge in [-0.1, -0.05) is 19.4 Å². The van der Waals surface area contributed by atoms with E-state index in [1.54, 1.807) is 0 Å². The maximum Gasteiger partial charge on any atom is 0.333 e. The van der Waals surface area contributed by atoms with Gasteiger partial charge in [-0.15, -0.1) is 0 Å². The standard InChI is InChI=1S/C11H18O3/c1-3-4-7-14-10-6-5-9(8-10)11(12)13-2/h5,10H,3-4,6-8H2,1-2H3. The molecule has 0 heterocycles. The van der Waals surface area contributed by atoms with E-state index in [0.717, 1.165) is 31.4 Å². The first-order chi connectivity index (χ1) is 6.77. The molecule has 0 aromatic carbocycles. The highest BCUT2D eigenvalue weighted by Crippen LogP contribution is 2.22. The number of methoxy groups -OCH3 is 1. The highest BCUT2D eigenvalue weighted by molar-refractivity contribution is 5.88. The van der Waals surface area contributed by atoms with Crippen LogP contribution in [0.25, 0.3) is 0 Å². The van der Waals surface area contributed by atoms with Gasteiger partial charge in [-0.2, -0.15) is 0 Å². The van der Waals surface area contributed by atoms with Gasteiger partial charge in [0.2, 0.25) is 0 Å². The average Bonchev–Trinajstić information content (AvgIpc) is 2.66. The maximum atomic E-state index is 11.1. The summed E-state index contributed by atoms with van der Waals surface area (Å²) in [4.78, 5) is 11.1. The SMILES string of the molecule is CCCCOC1CC=C(C(=O)OC)C1. The molecular formula is C11H18O3. The molecule has 0 saturated carbocycles. The molecule has 0 amide bonds. The van der Waals surface area contributed by atoms with E-state index in [4.69, 9.17) is 4.74 Å². The molecule has 1 unspecified atom stereocenters. The Hall–Kier alpha value is -0.830. The lowest BCUT2D eigenvalue weighted by Crippen LogP contribution is -2.12. The van der Waals surface area contributed by atoms with Gasteiger partial charge in [0, 0.05) is 18.6 Å². The third-order valence-electron chi connectivity index (χ3n) is 2.37. The van der Waals surface area contributed by atoms with Gasteiger partial charge >= 0.3 is 5.97 Å². The summed E-state index contributed by atoms with van der Waals surface area (Å²) in [5.41, 5.74) is 0.758. The van der Waals surface area contributed by atoms with E-state index in [1.165, 1.54) is 7.11 Å². The third-order valence-corrected chi connectivity index (χ3v) is 2.37. The van der Waals surface area contributed by atoms with E-state index in [2.05, 4.69) is 11.7 Å². The number of hydrogen-bond acceptors (Lipinski definition) is 3. The number of ether oxygens (including phenoxy) is 2. The number of unbranched alkanes of at least 4 members (excludes halogenated alkanes) is 1. The largest absolute Gasteiger partial charge is 0.466 e. The summed E-state index contributed by atoms with van der Waals surface area (Å²) in [5.74, 6) is -0.216. The van der Waals surface area contributed by atoms with Crippen LogP contribution in [0.15, 0.2) is 11.6 Å². The van der Waals surface area contributed by atoms with Crippen LogP contribution in [0, 0.1) is 0 Å². The first-order valence-corrected chi connectivity index (χ1v) is 5.16. The van der Waals surface area contributed by atoms with Crippen molar-refractivity contribution in [3.8, 4) is 0 Å². The average molecular weight is 198 g/mol. The number of rotatable bonds is 5. The molecule has 0 aromatic heterocycles. The Bertz CT molecular complexity index is 221. The first kappa shape index (κ1) is 11.2. The molecule has 0 spiro atoms. The molecule has 1 rings (SSSR count). The second-order valence-electron chi connectivity index (χ2n) is 3.51. The van der Waals surface area contributed by atoms with Crippen molar-refractivity contribution in [2.45, 2.75) is 38.7 Å². The van der Waals surface area contributed by atoms with Crippen molar-refractivity contribution in [3.05, 3.63) is 11.6 Å². The van der Waals surface area contributed by atoms with Crippen LogP contribution < -0.4 is 0 Å². The van der Waals surface area contributed by atoms with Crippen LogP contribution >= 0.6 is 0 Å². The summed E-state index contributed by atoms with van der Waals surface area (Å²) in [7, 11) is 1.41. The molecule has 1 aliphatic rings. The molecule has 0 aromatic rings. The second kappa shape index (κ2) is 5.81. The van der Waals surface area contributed by atoms with Gasteiger partial charge in [-0.3, -0.25) is 0 Å². The lowest BCUT2D eigenvalue weighted by Gasteiger charge is -2.10. The van der Waals surface area contributed by atoms with Crippen LogP contribution in [-0.2, 0) is 14.3 Å². The van der Waals surface area contributed by atoms with E-state index in [-0.39, 0.29) is 12.1 Å². The molecule has 0 fully saturated rings. The van der Waals surface area contributed by atoms with E-state index < -0.39 is 0 Å². The third kappa shape index (κ3) is 3.14. The highest BCUT2D eigenvalue weighted by atomic mass is 16.5. The summed E-state index contributed by atoms with van der Waals surface area (Å²) >= 11 is 0. The van der Waals surface area contributed by atoms with Crippen molar-refractivity contribution in [3.63, 3.8) is 0 Å². The smallest absolute Gasteiger partial charge is 0.333 e. The fourth-order valence-electron chi connectivity index (χ4n) is 1.50. The van der Waals surface area contributed by atoms with Crippen LogP contribution in [0.2, 0.25) is 0 Å². The Balaban J connectivity index is 2.21. The van der Waals surface area contributed by atoms with Crippen molar-refractivity contribution in [1.29, 1.82) is 0 Å². The van der Waals surface area contributed by atoms with Crippen molar-refractivity contribution in [2.75, 3.05) is 13.7 Å². The molecular weight excluding hydrogens is 180 g/mol. The minimum absolute atomic E-state index is 0.190. The van der Waals surface area contributed by atoms with Crippen molar-refractivity contribution in [2.24, 2.45) is 0 Å². The van der Waals surface area contributed by atoms with E-state index >= 15 is 0 Å². The molecule has 3 heteroatoms. The predicted molar refractivity (Wildman–Crippen MR) is 54.0 cm³/mol. The molecule has 3 nitrogen and oxygen atoms in total. The zero-order chi connectivity index (χ0) is 10.4. The fourth-order valence-corrected chi connectivity index (χ4v) is 1.50. The molecule has 0 N–H and O–H groups in total. The van der Waals surface area contributed by atoms with Crippen LogP contribution in [0.4, 0.5) is 0 Å². The summed E-state index contributed by atoms with van der Waals surface area (Å²) in [6, 6.07) is 0. The van der Waals surface area contributed by atoms with Crippen molar-refractivity contribution >= 4 is 5.97 Å². The van der Waals surface area contributed by atoms with Gasteiger partial charge in [0.05, 0.1) is 13.2 Å². The zero-order valence-corrected chi connectivity index (χ0v) is 8.91. The lowest BCUT2D eigenvalue weighted by molar-refractivity contribution is -0.136. The summed E-state index contributed by atoms with van der Waals surface area (Å²) in [5, 5.41) is 0. The fraction of sp³-hybridized carbons (Fsp3) is 0.727. The van der Waals surface area contributed by atoms with Gasteiger partial charge in [0.15, 0.2) is 0 Å². The number of esters is 1. The summed E-state index contributed by atoms with van der Waals surface area (Å²) < 4.78 is 10.3. The first-order valence-electron chi connectivity index (χ1n) is 5.16. The topological polar surface area (TPSA) is 35.5 Å². The summed E-state index contributed by atoms with van der Waals surface area (Å²) in [6.07, 6.45) is 5.89. The van der Waals surface area contributed by atoms with Crippen molar-refractivity contribution < 1.29 is 14.3 Å². The van der Waals surface area contributed by atoms with Crippen molar-refractivity contribution in [1.82, 2.24) is 0 Å². The molecule has 0 aliphatic heterocycles. The molecule has 0 radical (unpaired) electrons. The van der Waals surface area contributed by atoms with Gasteiger partial charge in [0.1, 0.15) is 0 Å². The normalized spacial score (nSPS) is 20.7. The van der Waals surface area contributed by atoms with Gasteiger partial charge < -0.3 is 9.47 Å². The Kier molecular flexibility index (Phi) is 4.66. The Morgan fingerprint density at radius 1 is 1.64 bits per heavy atom. The van der Waals surface area contributed by atoms with E-state index in [0.29, 0.717) is 6.42 Å². The van der Waals surface area contributed by atoms with Gasteiger partial charge in [0.25, 0.3) is 0 Å². The number of carbonyl (C=O) groups is 1. The van der Waals surface area contributed by atoms with Crippen LogP contribution in [0.5, 0.6) is 0 Å². The van der Waals surface area contributed by atoms with E-state index in [9.17, 15) is 4.79 Å². The lowest BCUT2D eigenvalue weighted by atomic mass is 10.2. The Morgan fingerprint density at radius 2 is 2.43 bits per heavy atom. The summed E-state index contributed by atoms with van der Waals surface area (Å²) in [6.45, 7) is 2.93. The minimum Gasteiger partial charge on any atom is -0.466 e. The maximum absolute atomic E-state index is 11.1.